The SMILES string of the molecule is CC(C(=O)Nc1cnc2c(cnn2C(C)C)c1)C1CNC1. The van der Waals surface area contributed by atoms with E-state index in [1.807, 2.05) is 17.7 Å². The minimum Gasteiger partial charge on any atom is -0.324 e. The first kappa shape index (κ1) is 14.0. The second kappa shape index (κ2) is 5.44. The Balaban J connectivity index is 1.76. The molecule has 21 heavy (non-hydrogen) atoms. The zero-order valence-corrected chi connectivity index (χ0v) is 12.6. The van der Waals surface area contributed by atoms with Crippen molar-refractivity contribution in [1.29, 1.82) is 0 Å². The van der Waals surface area contributed by atoms with Crippen molar-refractivity contribution in [3.8, 4) is 0 Å². The highest BCUT2D eigenvalue weighted by Crippen LogP contribution is 2.21. The van der Waals surface area contributed by atoms with E-state index in [-0.39, 0.29) is 17.9 Å². The van der Waals surface area contributed by atoms with Crippen LogP contribution in [0.2, 0.25) is 0 Å². The second-order valence-corrected chi connectivity index (χ2v) is 6.02. The van der Waals surface area contributed by atoms with Gasteiger partial charge >= 0.3 is 0 Å². The first-order valence-corrected chi connectivity index (χ1v) is 7.41. The Bertz CT molecular complexity index is 659. The minimum atomic E-state index is 0.0142. The average Bonchev–Trinajstić information content (AvgIpc) is 2.79. The van der Waals surface area contributed by atoms with Crippen LogP contribution in [0.1, 0.15) is 26.8 Å². The lowest BCUT2D eigenvalue weighted by atomic mass is 9.88. The van der Waals surface area contributed by atoms with E-state index < -0.39 is 0 Å². The highest BCUT2D eigenvalue weighted by atomic mass is 16.1. The molecule has 1 aliphatic heterocycles. The monoisotopic (exact) mass is 287 g/mol. The fourth-order valence-electron chi connectivity index (χ4n) is 2.52. The maximum absolute atomic E-state index is 12.2. The molecule has 6 heteroatoms. The molecule has 0 aliphatic carbocycles. The summed E-state index contributed by atoms with van der Waals surface area (Å²) in [5.41, 5.74) is 1.58. The molecular formula is C15H21N5O. The molecule has 112 valence electrons. The number of anilines is 1. The predicted molar refractivity (Wildman–Crippen MR) is 82.1 cm³/mol. The van der Waals surface area contributed by atoms with Crippen molar-refractivity contribution in [2.45, 2.75) is 26.8 Å². The number of pyridine rings is 1. The van der Waals surface area contributed by atoms with Gasteiger partial charge in [0.25, 0.3) is 0 Å². The largest absolute Gasteiger partial charge is 0.324 e. The highest BCUT2D eigenvalue weighted by molar-refractivity contribution is 5.94. The highest BCUT2D eigenvalue weighted by Gasteiger charge is 2.28. The van der Waals surface area contributed by atoms with Gasteiger partial charge in [-0.25, -0.2) is 9.67 Å². The Labute approximate surface area is 123 Å². The first-order valence-electron chi connectivity index (χ1n) is 7.41. The summed E-state index contributed by atoms with van der Waals surface area (Å²) in [6.45, 7) is 7.96. The molecule has 1 saturated heterocycles. The summed E-state index contributed by atoms with van der Waals surface area (Å²) in [6.07, 6.45) is 3.49. The lowest BCUT2D eigenvalue weighted by Gasteiger charge is -2.31. The van der Waals surface area contributed by atoms with Crippen LogP contribution in [0.15, 0.2) is 18.5 Å². The van der Waals surface area contributed by atoms with E-state index >= 15 is 0 Å². The van der Waals surface area contributed by atoms with Gasteiger partial charge < -0.3 is 10.6 Å². The zero-order chi connectivity index (χ0) is 15.0. The number of nitrogens with zero attached hydrogens (tertiary/aromatic N) is 3. The summed E-state index contributed by atoms with van der Waals surface area (Å²) in [5, 5.41) is 11.4. The van der Waals surface area contributed by atoms with Crippen molar-refractivity contribution in [3.63, 3.8) is 0 Å². The summed E-state index contributed by atoms with van der Waals surface area (Å²) in [5.74, 6) is 0.504. The number of carbonyl (C=O) groups excluding carboxylic acids is 1. The lowest BCUT2D eigenvalue weighted by Crippen LogP contribution is -2.48. The third-order valence-electron chi connectivity index (χ3n) is 4.12. The van der Waals surface area contributed by atoms with Crippen molar-refractivity contribution < 1.29 is 4.79 Å². The number of hydrogen-bond donors (Lipinski definition) is 2. The van der Waals surface area contributed by atoms with Crippen molar-refractivity contribution in [2.24, 2.45) is 11.8 Å². The van der Waals surface area contributed by atoms with Crippen LogP contribution in [0.4, 0.5) is 5.69 Å². The van der Waals surface area contributed by atoms with E-state index in [0.29, 0.717) is 5.92 Å². The number of fused-ring (bicyclic) bond motifs is 1. The number of rotatable bonds is 4. The molecule has 2 aromatic heterocycles. The van der Waals surface area contributed by atoms with Gasteiger partial charge in [-0.15, -0.1) is 0 Å². The summed E-state index contributed by atoms with van der Waals surface area (Å²) in [6, 6.07) is 2.19. The number of amides is 1. The molecule has 0 bridgehead atoms. The third kappa shape index (κ3) is 2.63. The molecule has 1 unspecified atom stereocenters. The molecule has 3 heterocycles. The molecule has 0 spiro atoms. The summed E-state index contributed by atoms with van der Waals surface area (Å²) in [7, 11) is 0. The fourth-order valence-corrected chi connectivity index (χ4v) is 2.52. The van der Waals surface area contributed by atoms with E-state index in [4.69, 9.17) is 0 Å². The van der Waals surface area contributed by atoms with Crippen LogP contribution in [-0.4, -0.2) is 33.8 Å². The molecule has 1 fully saturated rings. The van der Waals surface area contributed by atoms with Gasteiger partial charge in [0.05, 0.1) is 18.1 Å². The van der Waals surface area contributed by atoms with Gasteiger partial charge in [-0.2, -0.15) is 5.10 Å². The van der Waals surface area contributed by atoms with Gasteiger partial charge in [0.2, 0.25) is 5.91 Å². The Morgan fingerprint density at radius 3 is 2.76 bits per heavy atom. The number of aromatic nitrogens is 3. The molecule has 0 aromatic carbocycles. The Morgan fingerprint density at radius 1 is 1.38 bits per heavy atom. The van der Waals surface area contributed by atoms with Crippen LogP contribution in [0.25, 0.3) is 11.0 Å². The van der Waals surface area contributed by atoms with Crippen molar-refractivity contribution in [1.82, 2.24) is 20.1 Å². The Morgan fingerprint density at radius 2 is 2.14 bits per heavy atom. The van der Waals surface area contributed by atoms with Gasteiger partial charge in [0.15, 0.2) is 5.65 Å². The second-order valence-electron chi connectivity index (χ2n) is 6.02. The summed E-state index contributed by atoms with van der Waals surface area (Å²) < 4.78 is 1.88. The summed E-state index contributed by atoms with van der Waals surface area (Å²) >= 11 is 0. The topological polar surface area (TPSA) is 71.8 Å². The van der Waals surface area contributed by atoms with E-state index in [1.54, 1.807) is 12.4 Å². The molecule has 1 atom stereocenters. The lowest BCUT2D eigenvalue weighted by molar-refractivity contribution is -0.121. The van der Waals surface area contributed by atoms with Crippen LogP contribution >= 0.6 is 0 Å². The van der Waals surface area contributed by atoms with E-state index in [2.05, 4.69) is 34.6 Å². The van der Waals surface area contributed by atoms with Gasteiger partial charge in [-0.05, 0) is 38.9 Å². The number of hydrogen-bond acceptors (Lipinski definition) is 4. The normalized spacial score (nSPS) is 17.0. The molecular weight excluding hydrogens is 266 g/mol. The number of nitrogens with one attached hydrogen (secondary N) is 2. The van der Waals surface area contributed by atoms with Crippen molar-refractivity contribution in [3.05, 3.63) is 18.5 Å². The minimum absolute atomic E-state index is 0.0142. The van der Waals surface area contributed by atoms with Gasteiger partial charge in [-0.3, -0.25) is 4.79 Å². The standard InChI is InChI=1S/C15H21N5O/c1-9(2)20-14-11(7-18-20)4-13(8-17-14)19-15(21)10(3)12-5-16-6-12/h4,7-10,12,16H,5-6H2,1-3H3,(H,19,21). The molecule has 0 saturated carbocycles. The van der Waals surface area contributed by atoms with Crippen LogP contribution in [0, 0.1) is 11.8 Å². The Hall–Kier alpha value is -1.95. The van der Waals surface area contributed by atoms with E-state index in [0.717, 1.165) is 29.8 Å². The molecule has 2 N–H and O–H groups in total. The maximum Gasteiger partial charge on any atom is 0.227 e. The molecule has 0 radical (unpaired) electrons. The zero-order valence-electron chi connectivity index (χ0n) is 12.6. The quantitative estimate of drug-likeness (QED) is 0.899. The van der Waals surface area contributed by atoms with Crippen molar-refractivity contribution in [2.75, 3.05) is 18.4 Å². The molecule has 1 aliphatic rings. The molecule has 6 nitrogen and oxygen atoms in total. The van der Waals surface area contributed by atoms with Crippen LogP contribution in [0.3, 0.4) is 0 Å². The fraction of sp³-hybridized carbons (Fsp3) is 0.533. The predicted octanol–water partition coefficient (Wildman–Crippen LogP) is 1.81. The Kier molecular flexibility index (Phi) is 3.63. The smallest absolute Gasteiger partial charge is 0.227 e. The van der Waals surface area contributed by atoms with Gasteiger partial charge in [-0.1, -0.05) is 6.92 Å². The van der Waals surface area contributed by atoms with Crippen LogP contribution in [0.5, 0.6) is 0 Å². The summed E-state index contributed by atoms with van der Waals surface area (Å²) in [4.78, 5) is 16.6. The van der Waals surface area contributed by atoms with Gasteiger partial charge in [0, 0.05) is 17.3 Å². The third-order valence-corrected chi connectivity index (χ3v) is 4.12. The molecule has 3 rings (SSSR count). The number of carbonyl (C=O) groups is 1. The van der Waals surface area contributed by atoms with Crippen LogP contribution in [-0.2, 0) is 4.79 Å². The first-order chi connectivity index (χ1) is 10.1. The molecule has 2 aromatic rings. The van der Waals surface area contributed by atoms with Crippen molar-refractivity contribution >= 4 is 22.6 Å². The maximum atomic E-state index is 12.2. The van der Waals surface area contributed by atoms with E-state index in [1.165, 1.54) is 0 Å². The van der Waals surface area contributed by atoms with Gasteiger partial charge in [0.1, 0.15) is 0 Å². The van der Waals surface area contributed by atoms with Crippen LogP contribution < -0.4 is 10.6 Å². The molecule has 1 amide bonds. The average molecular weight is 287 g/mol. The van der Waals surface area contributed by atoms with E-state index in [9.17, 15) is 4.79 Å².